The van der Waals surface area contributed by atoms with E-state index in [1.807, 2.05) is 26.0 Å². The fourth-order valence-corrected chi connectivity index (χ4v) is 5.46. The Kier molecular flexibility index (Phi) is 6.94. The van der Waals surface area contributed by atoms with E-state index < -0.39 is 23.8 Å². The molecule has 1 heterocycles. The van der Waals surface area contributed by atoms with Crippen molar-refractivity contribution in [2.24, 2.45) is 11.8 Å². The van der Waals surface area contributed by atoms with Gasteiger partial charge in [0.15, 0.2) is 5.78 Å². The average molecular weight is 472 g/mol. The molecule has 2 aliphatic carbocycles. The molecule has 0 aromatic heterocycles. The van der Waals surface area contributed by atoms with E-state index in [0.717, 1.165) is 43.4 Å². The SMILES string of the molecule is COC(=O)[C@H]1C(=O)C2=C(C[C@H]1C)NC(C)=C(C(=O)OC1CCCCC1)[C@@H]2c1ccc(Cl)cc1. The number of hydrogen-bond donors (Lipinski definition) is 1. The molecule has 1 N–H and O–H groups in total. The highest BCUT2D eigenvalue weighted by atomic mass is 35.5. The van der Waals surface area contributed by atoms with E-state index in [1.165, 1.54) is 7.11 Å². The second-order valence-corrected chi connectivity index (χ2v) is 9.69. The van der Waals surface area contributed by atoms with Crippen LogP contribution in [0.5, 0.6) is 0 Å². The van der Waals surface area contributed by atoms with Crippen molar-refractivity contribution in [2.45, 2.75) is 64.4 Å². The summed E-state index contributed by atoms with van der Waals surface area (Å²) in [6.45, 7) is 3.71. The maximum Gasteiger partial charge on any atom is 0.337 e. The van der Waals surface area contributed by atoms with Crippen molar-refractivity contribution in [3.8, 4) is 0 Å². The molecule has 3 aliphatic rings. The fraction of sp³-hybridized carbons (Fsp3) is 0.500. The van der Waals surface area contributed by atoms with Crippen LogP contribution in [0.4, 0.5) is 0 Å². The molecule has 3 atom stereocenters. The standard InChI is InChI=1S/C26H30ClNO5/c1-14-13-19-23(24(29)20(14)25(30)32-3)22(16-9-11-17(27)12-10-16)21(15(2)28-19)26(31)33-18-7-5-4-6-8-18/h9-12,14,18,20,22,28H,4-8,13H2,1-3H3/t14-,20-,22+/m1/s1. The van der Waals surface area contributed by atoms with Crippen LogP contribution in [0.3, 0.4) is 0 Å². The molecule has 0 radical (unpaired) electrons. The summed E-state index contributed by atoms with van der Waals surface area (Å²) in [7, 11) is 1.29. The molecule has 176 valence electrons. The molecular formula is C26H30ClNO5. The highest BCUT2D eigenvalue weighted by Crippen LogP contribution is 2.45. The van der Waals surface area contributed by atoms with Gasteiger partial charge in [-0.05, 0) is 62.6 Å². The first-order valence-corrected chi connectivity index (χ1v) is 12.0. The highest BCUT2D eigenvalue weighted by Gasteiger charge is 2.47. The molecule has 0 unspecified atom stereocenters. The van der Waals surface area contributed by atoms with Gasteiger partial charge in [-0.2, -0.15) is 0 Å². The normalized spacial score (nSPS) is 25.9. The number of ketones is 1. The minimum Gasteiger partial charge on any atom is -0.468 e. The third-order valence-corrected chi connectivity index (χ3v) is 7.24. The number of methoxy groups -OCH3 is 1. The summed E-state index contributed by atoms with van der Waals surface area (Å²) < 4.78 is 10.9. The number of rotatable bonds is 4. The van der Waals surface area contributed by atoms with Gasteiger partial charge in [0.2, 0.25) is 0 Å². The first kappa shape index (κ1) is 23.6. The molecule has 0 spiro atoms. The van der Waals surface area contributed by atoms with Crippen LogP contribution in [0.2, 0.25) is 5.02 Å². The number of Topliss-reactive ketones (excluding diaryl/α,β-unsaturated/α-hetero) is 1. The lowest BCUT2D eigenvalue weighted by atomic mass is 9.69. The van der Waals surface area contributed by atoms with Gasteiger partial charge in [0, 0.05) is 27.9 Å². The second-order valence-electron chi connectivity index (χ2n) is 9.25. The van der Waals surface area contributed by atoms with Gasteiger partial charge in [-0.1, -0.05) is 37.1 Å². The van der Waals surface area contributed by atoms with E-state index in [-0.39, 0.29) is 17.8 Å². The molecule has 1 saturated carbocycles. The molecule has 33 heavy (non-hydrogen) atoms. The predicted molar refractivity (Wildman–Crippen MR) is 124 cm³/mol. The van der Waals surface area contributed by atoms with Gasteiger partial charge in [-0.15, -0.1) is 0 Å². The maximum absolute atomic E-state index is 13.7. The lowest BCUT2D eigenvalue weighted by molar-refractivity contribution is -0.151. The molecule has 7 heteroatoms. The lowest BCUT2D eigenvalue weighted by Gasteiger charge is -2.38. The van der Waals surface area contributed by atoms with Crippen molar-refractivity contribution in [3.63, 3.8) is 0 Å². The number of esters is 2. The quantitative estimate of drug-likeness (QED) is 0.500. The molecule has 1 aliphatic heterocycles. The molecule has 4 rings (SSSR count). The minimum absolute atomic E-state index is 0.113. The number of carbonyl (C=O) groups is 3. The van der Waals surface area contributed by atoms with E-state index in [9.17, 15) is 14.4 Å². The first-order chi connectivity index (χ1) is 15.8. The maximum atomic E-state index is 13.7. The number of allylic oxidation sites excluding steroid dienone is 3. The number of nitrogens with one attached hydrogen (secondary N) is 1. The first-order valence-electron chi connectivity index (χ1n) is 11.6. The molecule has 6 nitrogen and oxygen atoms in total. The zero-order valence-electron chi connectivity index (χ0n) is 19.3. The largest absolute Gasteiger partial charge is 0.468 e. The van der Waals surface area contributed by atoms with Crippen molar-refractivity contribution in [3.05, 3.63) is 57.4 Å². The van der Waals surface area contributed by atoms with Crippen LogP contribution < -0.4 is 5.32 Å². The number of benzene rings is 1. The fourth-order valence-electron chi connectivity index (χ4n) is 5.34. The van der Waals surface area contributed by atoms with Crippen LogP contribution in [0, 0.1) is 11.8 Å². The topological polar surface area (TPSA) is 81.7 Å². The number of carbonyl (C=O) groups excluding carboxylic acids is 3. The Labute approximate surface area is 199 Å². The van der Waals surface area contributed by atoms with Crippen LogP contribution in [0.1, 0.15) is 63.9 Å². The number of hydrogen-bond acceptors (Lipinski definition) is 6. The number of ether oxygens (including phenoxy) is 2. The van der Waals surface area contributed by atoms with Crippen LogP contribution in [-0.2, 0) is 23.9 Å². The van der Waals surface area contributed by atoms with Gasteiger partial charge in [0.1, 0.15) is 12.0 Å². The number of halogens is 1. The highest BCUT2D eigenvalue weighted by molar-refractivity contribution is 6.30. The molecule has 1 aromatic rings. The molecule has 0 amide bonds. The number of dihydropyridines is 1. The summed E-state index contributed by atoms with van der Waals surface area (Å²) in [6.07, 6.45) is 5.34. The van der Waals surface area contributed by atoms with E-state index >= 15 is 0 Å². The molecular weight excluding hydrogens is 442 g/mol. The summed E-state index contributed by atoms with van der Waals surface area (Å²) in [5, 5.41) is 3.86. The van der Waals surface area contributed by atoms with Crippen LogP contribution in [-0.4, -0.2) is 30.9 Å². The summed E-state index contributed by atoms with van der Waals surface area (Å²) >= 11 is 6.12. The molecule has 0 bridgehead atoms. The van der Waals surface area contributed by atoms with E-state index in [4.69, 9.17) is 21.1 Å². The summed E-state index contributed by atoms with van der Waals surface area (Å²) in [4.78, 5) is 39.6. The van der Waals surface area contributed by atoms with Gasteiger partial charge in [-0.3, -0.25) is 9.59 Å². The molecule has 1 aromatic carbocycles. The lowest BCUT2D eigenvalue weighted by Crippen LogP contribution is -2.43. The minimum atomic E-state index is -0.903. The van der Waals surface area contributed by atoms with E-state index in [2.05, 4.69) is 5.32 Å². The van der Waals surface area contributed by atoms with Crippen LogP contribution >= 0.6 is 11.6 Å². The molecule has 0 saturated heterocycles. The van der Waals surface area contributed by atoms with E-state index in [0.29, 0.717) is 28.3 Å². The van der Waals surface area contributed by atoms with Crippen molar-refractivity contribution in [2.75, 3.05) is 7.11 Å². The second kappa shape index (κ2) is 9.72. The zero-order valence-corrected chi connectivity index (χ0v) is 20.0. The van der Waals surface area contributed by atoms with Gasteiger partial charge in [-0.25, -0.2) is 4.79 Å². The predicted octanol–water partition coefficient (Wildman–Crippen LogP) is 4.83. The van der Waals surface area contributed by atoms with Crippen molar-refractivity contribution < 1.29 is 23.9 Å². The van der Waals surface area contributed by atoms with Gasteiger partial charge >= 0.3 is 11.9 Å². The Bertz CT molecular complexity index is 1020. The monoisotopic (exact) mass is 471 g/mol. The molecule has 1 fully saturated rings. The van der Waals surface area contributed by atoms with Gasteiger partial charge in [0.05, 0.1) is 12.7 Å². The van der Waals surface area contributed by atoms with E-state index in [1.54, 1.807) is 12.1 Å². The van der Waals surface area contributed by atoms with Gasteiger partial charge in [0.25, 0.3) is 0 Å². The van der Waals surface area contributed by atoms with Crippen molar-refractivity contribution in [1.29, 1.82) is 0 Å². The van der Waals surface area contributed by atoms with Gasteiger partial charge < -0.3 is 14.8 Å². The third kappa shape index (κ3) is 4.58. The average Bonchev–Trinajstić information content (AvgIpc) is 2.79. The summed E-state index contributed by atoms with van der Waals surface area (Å²) in [6, 6.07) is 7.13. The third-order valence-electron chi connectivity index (χ3n) is 6.99. The summed E-state index contributed by atoms with van der Waals surface area (Å²) in [5.74, 6) is -3.03. The smallest absolute Gasteiger partial charge is 0.337 e. The Morgan fingerprint density at radius 1 is 1.09 bits per heavy atom. The van der Waals surface area contributed by atoms with Crippen LogP contribution in [0.15, 0.2) is 46.8 Å². The van der Waals surface area contributed by atoms with Crippen molar-refractivity contribution >= 4 is 29.3 Å². The Morgan fingerprint density at radius 2 is 1.76 bits per heavy atom. The Hall–Kier alpha value is -2.60. The Morgan fingerprint density at radius 3 is 2.39 bits per heavy atom. The zero-order chi connectivity index (χ0) is 23.7. The van der Waals surface area contributed by atoms with Crippen LogP contribution in [0.25, 0.3) is 0 Å². The van der Waals surface area contributed by atoms with Crippen molar-refractivity contribution in [1.82, 2.24) is 5.32 Å². The Balaban J connectivity index is 1.77. The summed E-state index contributed by atoms with van der Waals surface area (Å²) in [5.41, 5.74) is 3.03.